The first-order valence-electron chi connectivity index (χ1n) is 9.04. The van der Waals surface area contributed by atoms with Gasteiger partial charge in [0, 0.05) is 11.8 Å². The van der Waals surface area contributed by atoms with Gasteiger partial charge in [-0.25, -0.2) is 0 Å². The molecule has 1 heteroatoms. The summed E-state index contributed by atoms with van der Waals surface area (Å²) < 4.78 is 0. The van der Waals surface area contributed by atoms with Gasteiger partial charge in [0.2, 0.25) is 0 Å². The number of fused-ring (bicyclic) bond motifs is 1. The summed E-state index contributed by atoms with van der Waals surface area (Å²) in [5.74, 6) is 0.497. The summed E-state index contributed by atoms with van der Waals surface area (Å²) in [6, 6.07) is 20.1. The molecule has 4 aromatic carbocycles. The maximum absolute atomic E-state index is 10.2. The average molecular weight is 322 g/mol. The summed E-state index contributed by atoms with van der Waals surface area (Å²) in [4.78, 5) is 0. The van der Waals surface area contributed by atoms with Gasteiger partial charge < -0.3 is 5.11 Å². The fraction of sp³-hybridized carbons (Fsp3) is 0.167. The van der Waals surface area contributed by atoms with Crippen LogP contribution < -0.4 is 0 Å². The van der Waals surface area contributed by atoms with Crippen LogP contribution in [0.25, 0.3) is 37.9 Å². The van der Waals surface area contributed by atoms with Gasteiger partial charge in [0.1, 0.15) is 0 Å². The maximum Gasteiger partial charge on any atom is 0.0646 e. The molecule has 0 aromatic heterocycles. The summed E-state index contributed by atoms with van der Waals surface area (Å²) in [6.45, 7) is 0. The molecule has 3 aliphatic rings. The lowest BCUT2D eigenvalue weighted by Gasteiger charge is -2.35. The van der Waals surface area contributed by atoms with E-state index in [9.17, 15) is 5.11 Å². The standard InChI is InChI=1S/C24H18O/c25-22-13-17-6-7-18(22)12-21(17)19-10-8-16-5-4-14-2-1-3-15-9-11-20(19)24(16)23(14)15/h1-12,17-18,22,25H,13H2. The van der Waals surface area contributed by atoms with Crippen LogP contribution in [0.5, 0.6) is 0 Å². The van der Waals surface area contributed by atoms with Crippen LogP contribution in [0.2, 0.25) is 0 Å². The SMILES string of the molecule is OC1CC2C=CC1C=C2c1ccc2ccc3cccc4ccc1c2c34. The number of allylic oxidation sites excluding steroid dienone is 2. The minimum absolute atomic E-state index is 0.165. The highest BCUT2D eigenvalue weighted by atomic mass is 16.3. The molecule has 4 aromatic rings. The minimum atomic E-state index is -0.224. The van der Waals surface area contributed by atoms with Crippen LogP contribution in [0.15, 0.2) is 72.8 Å². The van der Waals surface area contributed by atoms with E-state index in [0.717, 1.165) is 6.42 Å². The van der Waals surface area contributed by atoms with Crippen molar-refractivity contribution in [2.75, 3.05) is 0 Å². The first kappa shape index (κ1) is 13.6. The fourth-order valence-corrected chi connectivity index (χ4v) is 4.89. The molecule has 3 atom stereocenters. The largest absolute Gasteiger partial charge is 0.392 e. The van der Waals surface area contributed by atoms with Gasteiger partial charge in [-0.1, -0.05) is 72.8 Å². The molecule has 120 valence electrons. The van der Waals surface area contributed by atoms with Crippen molar-refractivity contribution in [2.24, 2.45) is 11.8 Å². The number of aliphatic hydroxyl groups excluding tert-OH is 1. The van der Waals surface area contributed by atoms with Crippen molar-refractivity contribution in [3.8, 4) is 0 Å². The Morgan fingerprint density at radius 3 is 2.20 bits per heavy atom. The molecule has 0 fully saturated rings. The third-order valence-corrected chi connectivity index (χ3v) is 6.12. The van der Waals surface area contributed by atoms with E-state index in [1.54, 1.807) is 0 Å². The van der Waals surface area contributed by atoms with Gasteiger partial charge in [0.25, 0.3) is 0 Å². The molecule has 0 radical (unpaired) electrons. The van der Waals surface area contributed by atoms with Gasteiger partial charge >= 0.3 is 0 Å². The molecule has 2 bridgehead atoms. The summed E-state index contributed by atoms with van der Waals surface area (Å²) in [6.07, 6.45) is 7.35. The molecule has 25 heavy (non-hydrogen) atoms. The predicted molar refractivity (Wildman–Crippen MR) is 105 cm³/mol. The molecule has 0 saturated carbocycles. The Balaban J connectivity index is 1.71. The lowest BCUT2D eigenvalue weighted by molar-refractivity contribution is 0.120. The van der Waals surface area contributed by atoms with Crippen LogP contribution in [0, 0.1) is 11.8 Å². The predicted octanol–water partition coefficient (Wildman–Crippen LogP) is 5.53. The first-order valence-corrected chi connectivity index (χ1v) is 9.04. The zero-order valence-electron chi connectivity index (χ0n) is 13.8. The molecule has 0 heterocycles. The maximum atomic E-state index is 10.2. The van der Waals surface area contributed by atoms with Gasteiger partial charge in [-0.05, 0) is 49.9 Å². The highest BCUT2D eigenvalue weighted by Crippen LogP contribution is 2.45. The smallest absolute Gasteiger partial charge is 0.0646 e. The molecule has 0 aliphatic heterocycles. The zero-order chi connectivity index (χ0) is 16.5. The lowest BCUT2D eigenvalue weighted by Crippen LogP contribution is -2.29. The average Bonchev–Trinajstić information content (AvgIpc) is 2.66. The van der Waals surface area contributed by atoms with Crippen molar-refractivity contribution < 1.29 is 5.11 Å². The van der Waals surface area contributed by atoms with Gasteiger partial charge in [-0.3, -0.25) is 0 Å². The summed E-state index contributed by atoms with van der Waals surface area (Å²) in [5, 5.41) is 18.2. The Morgan fingerprint density at radius 1 is 0.760 bits per heavy atom. The second-order valence-corrected chi connectivity index (χ2v) is 7.46. The monoisotopic (exact) mass is 322 g/mol. The van der Waals surface area contributed by atoms with Crippen molar-refractivity contribution in [2.45, 2.75) is 12.5 Å². The molecule has 0 saturated heterocycles. The van der Waals surface area contributed by atoms with Crippen LogP contribution in [0.4, 0.5) is 0 Å². The van der Waals surface area contributed by atoms with Crippen molar-refractivity contribution in [1.29, 1.82) is 0 Å². The molecular formula is C24H18O. The van der Waals surface area contributed by atoms with Crippen molar-refractivity contribution in [1.82, 2.24) is 0 Å². The van der Waals surface area contributed by atoms with Crippen LogP contribution >= 0.6 is 0 Å². The van der Waals surface area contributed by atoms with E-state index in [2.05, 4.69) is 72.8 Å². The van der Waals surface area contributed by atoms with Crippen LogP contribution in [-0.4, -0.2) is 11.2 Å². The molecule has 1 nitrogen and oxygen atoms in total. The number of hydrogen-bond donors (Lipinski definition) is 1. The Hall–Kier alpha value is -2.64. The van der Waals surface area contributed by atoms with Gasteiger partial charge in [0.05, 0.1) is 6.10 Å². The Kier molecular flexibility index (Phi) is 2.57. The van der Waals surface area contributed by atoms with Gasteiger partial charge in [-0.2, -0.15) is 0 Å². The fourth-order valence-electron chi connectivity index (χ4n) is 4.89. The van der Waals surface area contributed by atoms with Crippen molar-refractivity contribution >= 4 is 37.9 Å². The van der Waals surface area contributed by atoms with Crippen LogP contribution in [0.1, 0.15) is 12.0 Å². The normalized spacial score (nSPS) is 25.3. The van der Waals surface area contributed by atoms with Gasteiger partial charge in [0.15, 0.2) is 0 Å². The third kappa shape index (κ3) is 1.76. The van der Waals surface area contributed by atoms with E-state index >= 15 is 0 Å². The molecular weight excluding hydrogens is 304 g/mol. The number of aliphatic hydroxyl groups is 1. The Labute approximate surface area is 146 Å². The van der Waals surface area contributed by atoms with E-state index in [-0.39, 0.29) is 12.0 Å². The van der Waals surface area contributed by atoms with Crippen molar-refractivity contribution in [3.63, 3.8) is 0 Å². The summed E-state index contributed by atoms with van der Waals surface area (Å²) in [7, 11) is 0. The number of hydrogen-bond acceptors (Lipinski definition) is 1. The Morgan fingerprint density at radius 2 is 1.48 bits per heavy atom. The third-order valence-electron chi connectivity index (χ3n) is 6.12. The van der Waals surface area contributed by atoms with Crippen molar-refractivity contribution in [3.05, 3.63) is 78.4 Å². The second-order valence-electron chi connectivity index (χ2n) is 7.46. The highest BCUT2D eigenvalue weighted by Gasteiger charge is 2.32. The highest BCUT2D eigenvalue weighted by molar-refractivity contribution is 6.24. The molecule has 1 N–H and O–H groups in total. The van der Waals surface area contributed by atoms with E-state index in [4.69, 9.17) is 0 Å². The zero-order valence-corrected chi connectivity index (χ0v) is 13.8. The van der Waals surface area contributed by atoms with Crippen LogP contribution in [0.3, 0.4) is 0 Å². The molecule has 3 unspecified atom stereocenters. The van der Waals surface area contributed by atoms with Gasteiger partial charge in [-0.15, -0.1) is 0 Å². The molecule has 3 aliphatic carbocycles. The van der Waals surface area contributed by atoms with E-state index in [1.165, 1.54) is 43.5 Å². The van der Waals surface area contributed by atoms with E-state index in [0.29, 0.717) is 5.92 Å². The van der Waals surface area contributed by atoms with E-state index < -0.39 is 0 Å². The molecule has 7 rings (SSSR count). The molecule has 0 spiro atoms. The second kappa shape index (κ2) is 4.71. The summed E-state index contributed by atoms with van der Waals surface area (Å²) in [5.41, 5.74) is 2.72. The number of benzene rings is 4. The van der Waals surface area contributed by atoms with Crippen LogP contribution in [-0.2, 0) is 0 Å². The topological polar surface area (TPSA) is 20.2 Å². The summed E-state index contributed by atoms with van der Waals surface area (Å²) >= 11 is 0. The lowest BCUT2D eigenvalue weighted by atomic mass is 9.72. The quantitative estimate of drug-likeness (QED) is 0.361. The minimum Gasteiger partial charge on any atom is -0.392 e. The molecule has 0 amide bonds. The first-order chi connectivity index (χ1) is 12.3. The Bertz CT molecular complexity index is 1180. The number of rotatable bonds is 1. The van der Waals surface area contributed by atoms with E-state index in [1.807, 2.05) is 0 Å².